The largest absolute Gasteiger partial charge is 0.205 e. The van der Waals surface area contributed by atoms with Crippen LogP contribution < -0.4 is 0 Å². The van der Waals surface area contributed by atoms with Gasteiger partial charge in [0.05, 0.1) is 12.8 Å². The second-order valence-electron chi connectivity index (χ2n) is 1.34. The lowest BCUT2D eigenvalue weighted by Crippen LogP contribution is -2.21. The lowest BCUT2D eigenvalue weighted by atomic mass is 11.2. The molecule has 0 radical (unpaired) electrons. The lowest BCUT2D eigenvalue weighted by Gasteiger charge is -2.06. The second-order valence-corrected chi connectivity index (χ2v) is 2.32. The first-order valence-corrected chi connectivity index (χ1v) is 1.69. The van der Waals surface area contributed by atoms with Gasteiger partial charge in [0.1, 0.15) is 14.1 Å². The minimum atomic E-state index is -0.306. The Kier molecular flexibility index (Phi) is 1.22. The summed E-state index contributed by atoms with van der Waals surface area (Å²) in [4.78, 5) is 0. The highest BCUT2D eigenvalue weighted by atomic mass is 32.1. The van der Waals surface area contributed by atoms with E-state index in [4.69, 9.17) is 5.21 Å². The van der Waals surface area contributed by atoms with Gasteiger partial charge in [-0.05, 0) is 0 Å². The zero-order valence-electron chi connectivity index (χ0n) is 3.34. The molecule has 0 amide bonds. The van der Waals surface area contributed by atoms with Crippen molar-refractivity contribution in [3.05, 3.63) is 0 Å². The van der Waals surface area contributed by atoms with Gasteiger partial charge in [-0.1, -0.05) is 0 Å². The highest BCUT2D eigenvalue weighted by molar-refractivity contribution is 7.74. The summed E-state index contributed by atoms with van der Waals surface area (Å²) < 4.78 is -0.306. The normalized spacial score (nSPS) is 12.0. The number of hydroxylamine groups is 2. The topological polar surface area (TPSA) is 20.2 Å². The summed E-state index contributed by atoms with van der Waals surface area (Å²) in [5, 5.41) is 8.32. The van der Waals surface area contributed by atoms with Crippen LogP contribution in [0, 0.1) is 0 Å². The number of nitrogens with zero attached hydrogens (tertiary/aromatic N) is 1. The molecule has 1 N–H and O–H groups in total. The van der Waals surface area contributed by atoms with Crippen molar-refractivity contribution >= 4 is 12.8 Å². The van der Waals surface area contributed by atoms with Gasteiger partial charge in [-0.2, -0.15) is 0 Å². The fourth-order valence-corrected chi connectivity index (χ4v) is 0. The van der Waals surface area contributed by atoms with Gasteiger partial charge in [-0.25, -0.2) is 5.21 Å². The third kappa shape index (κ3) is 302. The molecule has 0 saturated carbocycles. The molecule has 0 fully saturated rings. The van der Waals surface area contributed by atoms with Gasteiger partial charge in [0, 0.05) is 0 Å². The van der Waals surface area contributed by atoms with Crippen LogP contribution in [0.1, 0.15) is 0 Å². The molecule has 0 aromatic rings. The van der Waals surface area contributed by atoms with E-state index in [2.05, 4.69) is 12.8 Å². The molecular formula is C2H8NOS+. The Morgan fingerprint density at radius 1 is 1.60 bits per heavy atom. The Balaban J connectivity index is 3.02. The summed E-state index contributed by atoms with van der Waals surface area (Å²) in [6.07, 6.45) is 0. The maximum absolute atomic E-state index is 8.32. The highest BCUT2D eigenvalue weighted by Gasteiger charge is 1.96. The summed E-state index contributed by atoms with van der Waals surface area (Å²) in [6.45, 7) is 0. The van der Waals surface area contributed by atoms with Crippen molar-refractivity contribution in [2.24, 2.45) is 0 Å². The lowest BCUT2D eigenvalue weighted by molar-refractivity contribution is -0.956. The van der Waals surface area contributed by atoms with E-state index < -0.39 is 0 Å². The molecule has 0 atom stereocenters. The predicted molar refractivity (Wildman–Crippen MR) is 22.9 cm³/mol. The van der Waals surface area contributed by atoms with E-state index in [0.29, 0.717) is 0 Å². The third-order valence-corrected chi connectivity index (χ3v) is 0. The zero-order chi connectivity index (χ0) is 4.50. The van der Waals surface area contributed by atoms with Crippen molar-refractivity contribution in [2.45, 2.75) is 0 Å². The first-order valence-electron chi connectivity index (χ1n) is 1.29. The van der Waals surface area contributed by atoms with Crippen LogP contribution in [0.2, 0.25) is 0 Å². The van der Waals surface area contributed by atoms with E-state index in [1.807, 2.05) is 0 Å². The maximum Gasteiger partial charge on any atom is 0.110 e. The number of hydrogen-bond acceptors (Lipinski definition) is 2. The Morgan fingerprint density at radius 2 is 1.60 bits per heavy atom. The minimum Gasteiger partial charge on any atom is -0.205 e. The van der Waals surface area contributed by atoms with Gasteiger partial charge in [-0.15, -0.1) is 4.05 Å². The summed E-state index contributed by atoms with van der Waals surface area (Å²) in [6, 6.07) is 0. The molecule has 32 valence electrons. The molecule has 0 rings (SSSR count). The number of hydrogen-bond donors (Lipinski definition) is 2. The van der Waals surface area contributed by atoms with Crippen molar-refractivity contribution in [2.75, 3.05) is 14.1 Å². The molecule has 0 bridgehead atoms. The number of rotatable bonds is 0. The van der Waals surface area contributed by atoms with Crippen LogP contribution in [0.4, 0.5) is 0 Å². The Hall–Kier alpha value is 0.270. The van der Waals surface area contributed by atoms with E-state index in [0.717, 1.165) is 0 Å². The summed E-state index contributed by atoms with van der Waals surface area (Å²) in [7, 11) is 3.09. The number of thiol groups is 1. The highest BCUT2D eigenvalue weighted by Crippen LogP contribution is 1.89. The zero-order valence-corrected chi connectivity index (χ0v) is 4.24. The van der Waals surface area contributed by atoms with Crippen LogP contribution in [-0.4, -0.2) is 23.4 Å². The summed E-state index contributed by atoms with van der Waals surface area (Å²) in [5.41, 5.74) is 0. The SMILES string of the molecule is C[N+](C)(O)S. The fourth-order valence-electron chi connectivity index (χ4n) is 0. The molecule has 0 aliphatic carbocycles. The minimum absolute atomic E-state index is 0.306. The molecule has 0 saturated heterocycles. The van der Waals surface area contributed by atoms with Crippen molar-refractivity contribution < 1.29 is 9.26 Å². The smallest absolute Gasteiger partial charge is 0.110 e. The van der Waals surface area contributed by atoms with E-state index >= 15 is 0 Å². The molecule has 3 heteroatoms. The average Bonchev–Trinajstić information content (AvgIpc) is 0.722. The molecule has 0 heterocycles. The monoisotopic (exact) mass is 94.0 g/mol. The van der Waals surface area contributed by atoms with Crippen molar-refractivity contribution in [1.82, 2.24) is 0 Å². The van der Waals surface area contributed by atoms with Crippen LogP contribution in [0.25, 0.3) is 0 Å². The Morgan fingerprint density at radius 3 is 1.60 bits per heavy atom. The van der Waals surface area contributed by atoms with Crippen molar-refractivity contribution in [3.8, 4) is 0 Å². The van der Waals surface area contributed by atoms with Gasteiger partial charge >= 0.3 is 0 Å². The van der Waals surface area contributed by atoms with E-state index in [-0.39, 0.29) is 4.05 Å². The van der Waals surface area contributed by atoms with Crippen LogP contribution in [0.5, 0.6) is 0 Å². The first kappa shape index (κ1) is 5.27. The predicted octanol–water partition coefficient (Wildman–Crippen LogP) is 0.297. The molecule has 0 unspecified atom stereocenters. The molecule has 0 aliphatic rings. The maximum atomic E-state index is 8.32. The molecule has 0 aromatic heterocycles. The third-order valence-electron chi connectivity index (χ3n) is 0. The van der Waals surface area contributed by atoms with Crippen LogP contribution >= 0.6 is 12.8 Å². The van der Waals surface area contributed by atoms with Gasteiger partial charge in [-0.3, -0.25) is 0 Å². The summed E-state index contributed by atoms with van der Waals surface area (Å²) in [5.74, 6) is 0. The van der Waals surface area contributed by atoms with Gasteiger partial charge < -0.3 is 0 Å². The fraction of sp³-hybridized carbons (Fsp3) is 1.00. The average molecular weight is 94.2 g/mol. The van der Waals surface area contributed by atoms with E-state index in [9.17, 15) is 0 Å². The molecule has 0 spiro atoms. The Bertz CT molecular complexity index is 25.1. The van der Waals surface area contributed by atoms with E-state index in [1.165, 1.54) is 0 Å². The molecule has 0 aromatic carbocycles. The van der Waals surface area contributed by atoms with Crippen LogP contribution in [-0.2, 0) is 0 Å². The Labute approximate surface area is 37.1 Å². The quantitative estimate of drug-likeness (QED) is 0.251. The molecule has 0 aliphatic heterocycles. The van der Waals surface area contributed by atoms with Crippen molar-refractivity contribution in [3.63, 3.8) is 0 Å². The van der Waals surface area contributed by atoms with Gasteiger partial charge in [0.25, 0.3) is 0 Å². The standard InChI is InChI=1S/C2H8NOS/c1-3(2,4)5/h4-5H,1-2H3/q+1. The first-order chi connectivity index (χ1) is 2.00. The molecule has 2 nitrogen and oxygen atoms in total. The summed E-state index contributed by atoms with van der Waals surface area (Å²) >= 11 is 3.62. The van der Waals surface area contributed by atoms with Crippen molar-refractivity contribution in [1.29, 1.82) is 0 Å². The molecular weight excluding hydrogens is 86.1 g/mol. The second kappa shape index (κ2) is 1.16. The van der Waals surface area contributed by atoms with Gasteiger partial charge in [0.15, 0.2) is 0 Å². The molecule has 5 heavy (non-hydrogen) atoms. The number of quaternary nitrogens is 1. The van der Waals surface area contributed by atoms with E-state index in [1.54, 1.807) is 14.1 Å². The van der Waals surface area contributed by atoms with Crippen LogP contribution in [0.15, 0.2) is 0 Å². The van der Waals surface area contributed by atoms with Gasteiger partial charge in [0.2, 0.25) is 0 Å². The van der Waals surface area contributed by atoms with Crippen LogP contribution in [0.3, 0.4) is 0 Å².